The Labute approximate surface area is 147 Å². The Bertz CT molecular complexity index is 462. The molecule has 0 saturated carbocycles. The van der Waals surface area contributed by atoms with E-state index < -0.39 is 0 Å². The number of aliphatic hydroxyl groups excluding tert-OH is 1. The van der Waals surface area contributed by atoms with Crippen molar-refractivity contribution >= 4 is 11.6 Å². The number of rotatable bonds is 5. The molecule has 22 heavy (non-hydrogen) atoms. The summed E-state index contributed by atoms with van der Waals surface area (Å²) in [4.78, 5) is 22.0. The van der Waals surface area contributed by atoms with Crippen molar-refractivity contribution < 1.29 is 34.2 Å². The largest absolute Gasteiger partial charge is 0.512 e. The first-order chi connectivity index (χ1) is 9.83. The van der Waals surface area contributed by atoms with Gasteiger partial charge in [0.15, 0.2) is 11.6 Å². The van der Waals surface area contributed by atoms with Crippen molar-refractivity contribution in [2.75, 3.05) is 0 Å². The van der Waals surface area contributed by atoms with Crippen LogP contribution in [0.3, 0.4) is 0 Å². The molecule has 3 nitrogen and oxygen atoms in total. The number of hydrogen-bond acceptors (Lipinski definition) is 3. The molecule has 0 saturated heterocycles. The van der Waals surface area contributed by atoms with Crippen LogP contribution < -0.4 is 0 Å². The fourth-order valence-electron chi connectivity index (χ4n) is 2.72. The summed E-state index contributed by atoms with van der Waals surface area (Å²) in [5.41, 5.74) is 4.80. The maximum absolute atomic E-state index is 12.0. The Kier molecular flexibility index (Phi) is 12.2. The van der Waals surface area contributed by atoms with Crippen LogP contribution in [0.15, 0.2) is 34.1 Å². The summed E-state index contributed by atoms with van der Waals surface area (Å²) >= 11 is 0. The van der Waals surface area contributed by atoms with Crippen LogP contribution in [0.25, 0.3) is 0 Å². The van der Waals surface area contributed by atoms with Crippen molar-refractivity contribution in [2.45, 2.75) is 67.2 Å². The van der Waals surface area contributed by atoms with Gasteiger partial charge in [0.25, 0.3) is 0 Å². The third-order valence-electron chi connectivity index (χ3n) is 3.47. The number of carbonyl (C=O) groups excluding carboxylic acids is 2. The maximum Gasteiger partial charge on any atom is 0.185 e. The first-order valence-electron chi connectivity index (χ1n) is 7.70. The second-order valence-electron chi connectivity index (χ2n) is 5.05. The molecule has 1 N–H and O–H groups in total. The molecule has 0 aromatic rings. The summed E-state index contributed by atoms with van der Waals surface area (Å²) in [6, 6.07) is 0. The van der Waals surface area contributed by atoms with E-state index in [0.29, 0.717) is 5.78 Å². The van der Waals surface area contributed by atoms with Crippen LogP contribution in [-0.4, -0.2) is 16.7 Å². The van der Waals surface area contributed by atoms with Gasteiger partial charge in [-0.05, 0) is 50.7 Å². The van der Waals surface area contributed by atoms with Crippen LogP contribution in [0, 0.1) is 0 Å². The van der Waals surface area contributed by atoms with Crippen LogP contribution in [0.5, 0.6) is 0 Å². The average molecular weight is 395 g/mol. The number of Topliss-reactive ketones (excluding diaryl/α,β-unsaturated/α-hetero) is 1. The van der Waals surface area contributed by atoms with Gasteiger partial charge in [-0.25, -0.2) is 0 Å². The van der Waals surface area contributed by atoms with E-state index in [-0.39, 0.29) is 31.0 Å². The smallest absolute Gasteiger partial charge is 0.185 e. The van der Waals surface area contributed by atoms with E-state index in [1.165, 1.54) is 31.1 Å². The van der Waals surface area contributed by atoms with Crippen LogP contribution in [0.4, 0.5) is 0 Å². The molecule has 0 spiro atoms. The van der Waals surface area contributed by atoms with Gasteiger partial charge in [-0.15, -0.1) is 0 Å². The summed E-state index contributed by atoms with van der Waals surface area (Å²) in [5, 5.41) is 8.36. The zero-order valence-corrected chi connectivity index (χ0v) is 16.1. The van der Waals surface area contributed by atoms with Gasteiger partial charge < -0.3 is 5.11 Å². The Morgan fingerprint density at radius 1 is 0.864 bits per heavy atom. The SMILES string of the molecule is CC(=O)/C=C(/C)O.CCC1=C(CC)C(CC)=C(CC)C1=O.[Rh]. The van der Waals surface area contributed by atoms with Gasteiger partial charge in [0.05, 0.1) is 5.76 Å². The summed E-state index contributed by atoms with van der Waals surface area (Å²) in [5.74, 6) is 0.260. The number of carbonyl (C=O) groups is 2. The average Bonchev–Trinajstić information content (AvgIpc) is 2.68. The van der Waals surface area contributed by atoms with Gasteiger partial charge in [0.2, 0.25) is 0 Å². The number of allylic oxidation sites excluding steroid dienone is 6. The zero-order valence-electron chi connectivity index (χ0n) is 14.5. The first-order valence-corrected chi connectivity index (χ1v) is 7.70. The molecule has 0 bridgehead atoms. The van der Waals surface area contributed by atoms with Crippen molar-refractivity contribution in [1.29, 1.82) is 0 Å². The van der Waals surface area contributed by atoms with Gasteiger partial charge in [-0.1, -0.05) is 27.7 Å². The molecule has 0 amide bonds. The Hall–Kier alpha value is -1.02. The van der Waals surface area contributed by atoms with Crippen molar-refractivity contribution in [3.05, 3.63) is 34.1 Å². The molecule has 0 aromatic heterocycles. The zero-order chi connectivity index (χ0) is 16.6. The third kappa shape index (κ3) is 6.40. The topological polar surface area (TPSA) is 54.4 Å². The van der Waals surface area contributed by atoms with Gasteiger partial charge >= 0.3 is 0 Å². The van der Waals surface area contributed by atoms with Gasteiger partial charge in [0, 0.05) is 36.7 Å². The molecule has 0 atom stereocenters. The summed E-state index contributed by atoms with van der Waals surface area (Å²) < 4.78 is 0. The second kappa shape index (κ2) is 11.5. The monoisotopic (exact) mass is 395 g/mol. The number of ketones is 2. The standard InChI is InChI=1S/C13H20O.C5H8O2.Rh/c1-5-9-10(6-2)12(8-4)13(14)11(9)7-3;1-4(6)3-5(2)7;/h5-8H2,1-4H3;3,6H,1-2H3;/b;4-3-;. The number of aliphatic hydroxyl groups is 1. The van der Waals surface area contributed by atoms with Gasteiger partial charge in [-0.3, -0.25) is 9.59 Å². The van der Waals surface area contributed by atoms with E-state index in [1.807, 2.05) is 0 Å². The fraction of sp³-hybridized carbons (Fsp3) is 0.556. The van der Waals surface area contributed by atoms with E-state index in [1.54, 1.807) is 0 Å². The van der Waals surface area contributed by atoms with E-state index in [0.717, 1.165) is 36.8 Å². The molecule has 1 rings (SSSR count). The predicted molar refractivity (Wildman–Crippen MR) is 87.3 cm³/mol. The van der Waals surface area contributed by atoms with Crippen molar-refractivity contribution in [3.8, 4) is 0 Å². The molecule has 0 unspecified atom stereocenters. The molecule has 127 valence electrons. The van der Waals surface area contributed by atoms with Crippen molar-refractivity contribution in [2.24, 2.45) is 0 Å². The minimum Gasteiger partial charge on any atom is -0.512 e. The van der Waals surface area contributed by atoms with Crippen LogP contribution in [0.2, 0.25) is 0 Å². The molecule has 0 aromatic carbocycles. The van der Waals surface area contributed by atoms with Gasteiger partial charge in [0.1, 0.15) is 0 Å². The van der Waals surface area contributed by atoms with Crippen LogP contribution in [-0.2, 0) is 29.1 Å². The third-order valence-corrected chi connectivity index (χ3v) is 3.47. The molecule has 0 fully saturated rings. The van der Waals surface area contributed by atoms with E-state index in [4.69, 9.17) is 5.11 Å². The normalized spacial score (nSPS) is 14.6. The Morgan fingerprint density at radius 2 is 1.18 bits per heavy atom. The van der Waals surface area contributed by atoms with E-state index >= 15 is 0 Å². The summed E-state index contributed by atoms with van der Waals surface area (Å²) in [7, 11) is 0. The van der Waals surface area contributed by atoms with E-state index in [2.05, 4.69) is 27.7 Å². The minimum atomic E-state index is -0.125. The first kappa shape index (κ1) is 23.3. The molecule has 0 aliphatic heterocycles. The summed E-state index contributed by atoms with van der Waals surface area (Å²) in [6.07, 6.45) is 4.94. The van der Waals surface area contributed by atoms with Gasteiger partial charge in [-0.2, -0.15) is 0 Å². The van der Waals surface area contributed by atoms with E-state index in [9.17, 15) is 9.59 Å². The maximum atomic E-state index is 12.0. The minimum absolute atomic E-state index is 0. The molecule has 1 aliphatic carbocycles. The van der Waals surface area contributed by atoms with Crippen LogP contribution in [0.1, 0.15) is 67.2 Å². The molecular formula is C18H28O3Rh. The Morgan fingerprint density at radius 3 is 1.32 bits per heavy atom. The second-order valence-corrected chi connectivity index (χ2v) is 5.05. The fourth-order valence-corrected chi connectivity index (χ4v) is 2.72. The molecule has 1 radical (unpaired) electrons. The molecular weight excluding hydrogens is 367 g/mol. The molecule has 0 heterocycles. The molecule has 1 aliphatic rings. The van der Waals surface area contributed by atoms with Crippen molar-refractivity contribution in [1.82, 2.24) is 0 Å². The molecule has 4 heteroatoms. The van der Waals surface area contributed by atoms with Crippen LogP contribution >= 0.6 is 0 Å². The quantitative estimate of drug-likeness (QED) is 0.412. The predicted octanol–water partition coefficient (Wildman–Crippen LogP) is 4.84. The Balaban J connectivity index is 0. The van der Waals surface area contributed by atoms with Crippen molar-refractivity contribution in [3.63, 3.8) is 0 Å². The number of hydrogen-bond donors (Lipinski definition) is 1. The summed E-state index contributed by atoms with van der Waals surface area (Å²) in [6.45, 7) is 11.3.